The van der Waals surface area contributed by atoms with E-state index >= 15 is 0 Å². The maximum Gasteiger partial charge on any atom is 0.240 e. The van der Waals surface area contributed by atoms with Crippen molar-refractivity contribution in [1.82, 2.24) is 5.32 Å². The minimum absolute atomic E-state index is 0.0635. The largest absolute Gasteiger partial charge is 0.385 e. The van der Waals surface area contributed by atoms with Gasteiger partial charge in [-0.1, -0.05) is 18.2 Å². The smallest absolute Gasteiger partial charge is 0.240 e. The number of nitrogens with zero attached hydrogens (tertiary/aromatic N) is 1. The van der Waals surface area contributed by atoms with Crippen molar-refractivity contribution < 1.29 is 9.53 Å². The maximum atomic E-state index is 11.8. The third-order valence-electron chi connectivity index (χ3n) is 2.50. The molecule has 0 fully saturated rings. The molecule has 0 aromatic heterocycles. The molecule has 1 amide bonds. The highest BCUT2D eigenvalue weighted by Crippen LogP contribution is 2.10. The van der Waals surface area contributed by atoms with E-state index in [1.54, 1.807) is 19.1 Å². The normalized spacial score (nSPS) is 10.2. The zero-order chi connectivity index (χ0) is 12.5. The molecular weight excluding hydrogens is 216 g/mol. The highest BCUT2D eigenvalue weighted by Gasteiger charge is 2.09. The number of nitrogens with one attached hydrogen (secondary N) is 1. The molecule has 4 nitrogen and oxygen atoms in total. The summed E-state index contributed by atoms with van der Waals surface area (Å²) in [7, 11) is 3.46. The lowest BCUT2D eigenvalue weighted by atomic mass is 10.3. The van der Waals surface area contributed by atoms with Gasteiger partial charge in [-0.25, -0.2) is 0 Å². The molecule has 0 radical (unpaired) electrons. The molecule has 0 bridgehead atoms. The summed E-state index contributed by atoms with van der Waals surface area (Å²) in [6.45, 7) is 1.87. The van der Waals surface area contributed by atoms with Gasteiger partial charge >= 0.3 is 0 Å². The Morgan fingerprint density at radius 3 is 2.71 bits per heavy atom. The second kappa shape index (κ2) is 7.81. The Morgan fingerprint density at radius 2 is 2.06 bits per heavy atom. The number of carbonyl (C=O) groups excluding carboxylic acids is 1. The molecule has 0 aliphatic heterocycles. The number of para-hydroxylation sites is 1. The van der Waals surface area contributed by atoms with E-state index < -0.39 is 0 Å². The molecule has 0 saturated carbocycles. The van der Waals surface area contributed by atoms with Crippen molar-refractivity contribution in [3.05, 3.63) is 30.3 Å². The highest BCUT2D eigenvalue weighted by molar-refractivity contribution is 5.94. The van der Waals surface area contributed by atoms with Crippen LogP contribution in [0.4, 0.5) is 5.69 Å². The fourth-order valence-corrected chi connectivity index (χ4v) is 1.45. The molecular formula is C13H20N2O2. The van der Waals surface area contributed by atoms with Crippen LogP contribution < -0.4 is 10.2 Å². The lowest BCUT2D eigenvalue weighted by molar-refractivity contribution is -0.117. The van der Waals surface area contributed by atoms with Crippen molar-refractivity contribution in [2.24, 2.45) is 0 Å². The predicted molar refractivity (Wildman–Crippen MR) is 69.2 cm³/mol. The van der Waals surface area contributed by atoms with Gasteiger partial charge in [0.2, 0.25) is 5.91 Å². The molecule has 1 aromatic rings. The number of anilines is 1. The first-order valence-corrected chi connectivity index (χ1v) is 5.77. The average molecular weight is 236 g/mol. The lowest BCUT2D eigenvalue weighted by Crippen LogP contribution is -2.36. The molecule has 1 aromatic carbocycles. The van der Waals surface area contributed by atoms with Crippen LogP contribution in [0.5, 0.6) is 0 Å². The summed E-state index contributed by atoms with van der Waals surface area (Å²) < 4.78 is 4.93. The van der Waals surface area contributed by atoms with Crippen molar-refractivity contribution in [1.29, 1.82) is 0 Å². The van der Waals surface area contributed by atoms with Gasteiger partial charge in [0.05, 0.1) is 6.54 Å². The van der Waals surface area contributed by atoms with E-state index in [4.69, 9.17) is 4.74 Å². The summed E-state index contributed by atoms with van der Waals surface area (Å²) in [6.07, 6.45) is 0.916. The van der Waals surface area contributed by atoms with Gasteiger partial charge in [-0.15, -0.1) is 0 Å². The van der Waals surface area contributed by atoms with Gasteiger partial charge in [0.25, 0.3) is 0 Å². The van der Waals surface area contributed by atoms with Crippen LogP contribution >= 0.6 is 0 Å². The monoisotopic (exact) mass is 236 g/mol. The molecule has 0 heterocycles. The minimum atomic E-state index is 0.0635. The van der Waals surface area contributed by atoms with Crippen LogP contribution in [-0.4, -0.2) is 39.8 Å². The van der Waals surface area contributed by atoms with Crippen LogP contribution in [0.25, 0.3) is 0 Å². The fourth-order valence-electron chi connectivity index (χ4n) is 1.45. The number of carbonyl (C=O) groups is 1. The Balaban J connectivity index is 2.28. The van der Waals surface area contributed by atoms with Gasteiger partial charge < -0.3 is 15.0 Å². The predicted octanol–water partition coefficient (Wildman–Crippen LogP) is 1.28. The Morgan fingerprint density at radius 1 is 1.35 bits per heavy atom. The van der Waals surface area contributed by atoms with E-state index in [0.717, 1.165) is 25.3 Å². The average Bonchev–Trinajstić information content (AvgIpc) is 2.38. The van der Waals surface area contributed by atoms with Crippen molar-refractivity contribution in [3.8, 4) is 0 Å². The molecule has 94 valence electrons. The second-order valence-corrected chi connectivity index (χ2v) is 3.81. The number of hydrogen-bond acceptors (Lipinski definition) is 3. The maximum absolute atomic E-state index is 11.8. The van der Waals surface area contributed by atoms with Crippen LogP contribution in [0.15, 0.2) is 30.3 Å². The molecule has 17 heavy (non-hydrogen) atoms. The van der Waals surface area contributed by atoms with Gasteiger partial charge in [-0.3, -0.25) is 4.79 Å². The molecule has 0 spiro atoms. The molecule has 0 saturated heterocycles. The van der Waals surface area contributed by atoms with E-state index in [2.05, 4.69) is 5.32 Å². The Kier molecular flexibility index (Phi) is 6.29. The first-order chi connectivity index (χ1) is 8.25. The van der Waals surface area contributed by atoms with Crippen LogP contribution in [0, 0.1) is 0 Å². The highest BCUT2D eigenvalue weighted by atomic mass is 16.5. The number of ether oxygens (including phenoxy) is 1. The lowest BCUT2D eigenvalue weighted by Gasteiger charge is -2.17. The zero-order valence-electron chi connectivity index (χ0n) is 10.5. The summed E-state index contributed by atoms with van der Waals surface area (Å²) in [5.74, 6) is 0.0635. The molecule has 0 unspecified atom stereocenters. The summed E-state index contributed by atoms with van der Waals surface area (Å²) >= 11 is 0. The summed E-state index contributed by atoms with van der Waals surface area (Å²) in [5.41, 5.74) is 0.913. The van der Waals surface area contributed by atoms with Crippen molar-refractivity contribution in [3.63, 3.8) is 0 Å². The SMILES string of the molecule is COCCCNCC(=O)N(C)c1ccccc1. The van der Waals surface area contributed by atoms with Gasteiger partial charge in [0, 0.05) is 26.5 Å². The van der Waals surface area contributed by atoms with E-state index in [1.165, 1.54) is 0 Å². The van der Waals surface area contributed by atoms with E-state index in [-0.39, 0.29) is 5.91 Å². The summed E-state index contributed by atoms with van der Waals surface area (Å²) in [4.78, 5) is 13.5. The molecule has 4 heteroatoms. The molecule has 1 rings (SSSR count). The number of methoxy groups -OCH3 is 1. The molecule has 0 aliphatic carbocycles. The number of rotatable bonds is 7. The molecule has 1 N–H and O–H groups in total. The molecule has 0 aliphatic rings. The first kappa shape index (κ1) is 13.7. The quantitative estimate of drug-likeness (QED) is 0.725. The van der Waals surface area contributed by atoms with Crippen LogP contribution in [0.2, 0.25) is 0 Å². The van der Waals surface area contributed by atoms with Crippen molar-refractivity contribution in [2.75, 3.05) is 38.8 Å². The van der Waals surface area contributed by atoms with Gasteiger partial charge in [-0.2, -0.15) is 0 Å². The van der Waals surface area contributed by atoms with E-state index in [1.807, 2.05) is 30.3 Å². The summed E-state index contributed by atoms with van der Waals surface area (Å²) in [6, 6.07) is 9.62. The molecule has 0 atom stereocenters. The van der Waals surface area contributed by atoms with Crippen LogP contribution in [-0.2, 0) is 9.53 Å². The second-order valence-electron chi connectivity index (χ2n) is 3.81. The standard InChI is InChI=1S/C13H20N2O2/c1-15(12-7-4-3-5-8-12)13(16)11-14-9-6-10-17-2/h3-5,7-8,14H,6,9-11H2,1-2H3. The van der Waals surface area contributed by atoms with E-state index in [9.17, 15) is 4.79 Å². The first-order valence-electron chi connectivity index (χ1n) is 5.77. The third kappa shape index (κ3) is 4.97. The zero-order valence-corrected chi connectivity index (χ0v) is 10.5. The van der Waals surface area contributed by atoms with Crippen molar-refractivity contribution in [2.45, 2.75) is 6.42 Å². The third-order valence-corrected chi connectivity index (χ3v) is 2.50. The van der Waals surface area contributed by atoms with Gasteiger partial charge in [0.1, 0.15) is 0 Å². The van der Waals surface area contributed by atoms with E-state index in [0.29, 0.717) is 6.54 Å². The summed E-state index contributed by atoms with van der Waals surface area (Å²) in [5, 5.41) is 3.10. The Hall–Kier alpha value is -1.39. The number of likely N-dealkylation sites (N-methyl/N-ethyl adjacent to an activating group) is 1. The fraction of sp³-hybridized carbons (Fsp3) is 0.462. The van der Waals surface area contributed by atoms with Gasteiger partial charge in [0.15, 0.2) is 0 Å². The number of amides is 1. The number of benzene rings is 1. The van der Waals surface area contributed by atoms with Crippen molar-refractivity contribution >= 4 is 11.6 Å². The topological polar surface area (TPSA) is 41.6 Å². The minimum Gasteiger partial charge on any atom is -0.385 e. The van der Waals surface area contributed by atoms with Crippen LogP contribution in [0.3, 0.4) is 0 Å². The Bertz CT molecular complexity index is 327. The number of hydrogen-bond donors (Lipinski definition) is 1. The Labute approximate surface area is 103 Å². The van der Waals surface area contributed by atoms with Gasteiger partial charge in [-0.05, 0) is 25.1 Å². The van der Waals surface area contributed by atoms with Crippen LogP contribution in [0.1, 0.15) is 6.42 Å².